The summed E-state index contributed by atoms with van der Waals surface area (Å²) in [6.45, 7) is 2.10. The maximum absolute atomic E-state index is 13.3. The van der Waals surface area contributed by atoms with Gasteiger partial charge in [0.15, 0.2) is 11.6 Å². The predicted molar refractivity (Wildman–Crippen MR) is 71.6 cm³/mol. The first-order valence-corrected chi connectivity index (χ1v) is 6.67. The molecule has 0 aliphatic heterocycles. The fraction of sp³-hybridized carbons (Fsp3) is 0.467. The molecule has 0 saturated heterocycles. The normalized spacial score (nSPS) is 19.0. The Labute approximate surface area is 111 Å². The van der Waals surface area contributed by atoms with Gasteiger partial charge in [-0.2, -0.15) is 4.91 Å². The number of hydrogen-bond donors (Lipinski definition) is 0. The van der Waals surface area contributed by atoms with Crippen molar-refractivity contribution in [2.45, 2.75) is 45.1 Å². The Kier molecular flexibility index (Phi) is 4.40. The van der Waals surface area contributed by atoms with Crippen LogP contribution in [0.5, 0.6) is 0 Å². The molecule has 0 fully saturated rings. The van der Waals surface area contributed by atoms with E-state index in [2.05, 4.69) is 12.1 Å². The molecule has 0 heterocycles. The highest BCUT2D eigenvalue weighted by Crippen LogP contribution is 2.38. The van der Waals surface area contributed by atoms with Gasteiger partial charge in [-0.25, -0.2) is 8.78 Å². The summed E-state index contributed by atoms with van der Waals surface area (Å²) < 4.78 is 26.3. The Morgan fingerprint density at radius 1 is 1.32 bits per heavy atom. The van der Waals surface area contributed by atoms with Gasteiger partial charge >= 0.3 is 0 Å². The van der Waals surface area contributed by atoms with Crippen molar-refractivity contribution in [1.82, 2.24) is 0 Å². The van der Waals surface area contributed by atoms with Crippen LogP contribution in [0.4, 0.5) is 8.78 Å². The molecule has 1 aromatic carbocycles. The van der Waals surface area contributed by atoms with Gasteiger partial charge in [-0.15, -0.1) is 0 Å². The third kappa shape index (κ3) is 2.88. The van der Waals surface area contributed by atoms with Gasteiger partial charge in [0.2, 0.25) is 0 Å². The minimum absolute atomic E-state index is 0.420. The lowest BCUT2D eigenvalue weighted by molar-refractivity contribution is 0.508. The largest absolute Gasteiger partial charge is 0.204 e. The van der Waals surface area contributed by atoms with E-state index in [1.165, 1.54) is 12.1 Å². The summed E-state index contributed by atoms with van der Waals surface area (Å²) in [4.78, 5) is 10.9. The second-order valence-corrected chi connectivity index (χ2v) is 4.91. The lowest BCUT2D eigenvalue weighted by Gasteiger charge is -2.11. The van der Waals surface area contributed by atoms with Crippen LogP contribution >= 0.6 is 0 Å². The monoisotopic (exact) mass is 265 g/mol. The summed E-state index contributed by atoms with van der Waals surface area (Å²) in [6.07, 6.45) is 4.50. The highest BCUT2D eigenvalue weighted by Gasteiger charge is 2.27. The average molecular weight is 265 g/mol. The average Bonchev–Trinajstić information content (AvgIpc) is 2.82. The fourth-order valence-electron chi connectivity index (χ4n) is 2.64. The molecule has 0 amide bonds. The fourth-order valence-corrected chi connectivity index (χ4v) is 2.64. The number of nitroso groups, excluding NO2 is 1. The molecule has 0 bridgehead atoms. The predicted octanol–water partition coefficient (Wildman–Crippen LogP) is 4.84. The van der Waals surface area contributed by atoms with Crippen molar-refractivity contribution in [3.8, 4) is 0 Å². The van der Waals surface area contributed by atoms with Gasteiger partial charge in [-0.05, 0) is 49.0 Å². The SMILES string of the molecule is CCCCC1=C(c2ccc(F)c(F)c2)C(N=O)CC1. The zero-order chi connectivity index (χ0) is 13.8. The molecule has 2 nitrogen and oxygen atoms in total. The van der Waals surface area contributed by atoms with Gasteiger partial charge in [0.05, 0.1) is 0 Å². The summed E-state index contributed by atoms with van der Waals surface area (Å²) in [5.74, 6) is -1.75. The van der Waals surface area contributed by atoms with Gasteiger partial charge in [0, 0.05) is 0 Å². The lowest BCUT2D eigenvalue weighted by atomic mass is 9.97. The third-order valence-corrected chi connectivity index (χ3v) is 3.62. The van der Waals surface area contributed by atoms with Crippen LogP contribution in [0.25, 0.3) is 5.57 Å². The van der Waals surface area contributed by atoms with Gasteiger partial charge in [-0.3, -0.25) is 0 Å². The van der Waals surface area contributed by atoms with E-state index < -0.39 is 17.7 Å². The number of rotatable bonds is 5. The number of benzene rings is 1. The van der Waals surface area contributed by atoms with E-state index in [9.17, 15) is 13.7 Å². The molecular weight excluding hydrogens is 248 g/mol. The number of allylic oxidation sites excluding steroid dienone is 1. The Morgan fingerprint density at radius 3 is 2.74 bits per heavy atom. The van der Waals surface area contributed by atoms with Crippen LogP contribution in [0.1, 0.15) is 44.6 Å². The molecular formula is C15H17F2NO. The van der Waals surface area contributed by atoms with E-state index in [1.54, 1.807) is 0 Å². The summed E-state index contributed by atoms with van der Waals surface area (Å²) in [5, 5.41) is 3.13. The highest BCUT2D eigenvalue weighted by molar-refractivity contribution is 5.74. The van der Waals surface area contributed by atoms with Crippen LogP contribution in [0.15, 0.2) is 28.9 Å². The molecule has 1 atom stereocenters. The minimum atomic E-state index is -0.878. The van der Waals surface area contributed by atoms with Gasteiger partial charge in [0.25, 0.3) is 0 Å². The number of halogens is 2. The molecule has 0 N–H and O–H groups in total. The van der Waals surface area contributed by atoms with Crippen LogP contribution in [0.3, 0.4) is 0 Å². The minimum Gasteiger partial charge on any atom is -0.204 e. The van der Waals surface area contributed by atoms with Crippen molar-refractivity contribution in [2.75, 3.05) is 0 Å². The van der Waals surface area contributed by atoms with Crippen LogP contribution in [0, 0.1) is 16.5 Å². The molecule has 1 aliphatic carbocycles. The van der Waals surface area contributed by atoms with Crippen molar-refractivity contribution >= 4 is 5.57 Å². The molecule has 0 aromatic heterocycles. The highest BCUT2D eigenvalue weighted by atomic mass is 19.2. The summed E-state index contributed by atoms with van der Waals surface area (Å²) in [6, 6.07) is 3.38. The molecule has 0 saturated carbocycles. The summed E-state index contributed by atoms with van der Waals surface area (Å²) >= 11 is 0. The number of hydrogen-bond acceptors (Lipinski definition) is 2. The lowest BCUT2D eigenvalue weighted by Crippen LogP contribution is -2.02. The number of unbranched alkanes of at least 4 members (excludes halogenated alkanes) is 1. The molecule has 1 aromatic rings. The molecule has 0 spiro atoms. The zero-order valence-electron chi connectivity index (χ0n) is 11.0. The maximum atomic E-state index is 13.3. The Morgan fingerprint density at radius 2 is 2.11 bits per heavy atom. The van der Waals surface area contributed by atoms with E-state index in [-0.39, 0.29) is 0 Å². The van der Waals surface area contributed by atoms with Crippen molar-refractivity contribution in [3.05, 3.63) is 45.9 Å². The van der Waals surface area contributed by atoms with Crippen molar-refractivity contribution < 1.29 is 8.78 Å². The molecule has 4 heteroatoms. The van der Waals surface area contributed by atoms with E-state index in [1.807, 2.05) is 0 Å². The topological polar surface area (TPSA) is 29.4 Å². The van der Waals surface area contributed by atoms with Gasteiger partial charge < -0.3 is 0 Å². The first-order chi connectivity index (χ1) is 9.17. The first kappa shape index (κ1) is 13.8. The van der Waals surface area contributed by atoms with E-state index in [0.717, 1.165) is 42.9 Å². The maximum Gasteiger partial charge on any atom is 0.159 e. The molecule has 1 aliphatic rings. The quantitative estimate of drug-likeness (QED) is 0.700. The molecule has 0 radical (unpaired) electrons. The second-order valence-electron chi connectivity index (χ2n) is 4.91. The van der Waals surface area contributed by atoms with Crippen LogP contribution in [-0.2, 0) is 0 Å². The Balaban J connectivity index is 2.39. The second kappa shape index (κ2) is 6.04. The van der Waals surface area contributed by atoms with Gasteiger partial charge in [-0.1, -0.05) is 30.2 Å². The smallest absolute Gasteiger partial charge is 0.159 e. The van der Waals surface area contributed by atoms with E-state index >= 15 is 0 Å². The summed E-state index contributed by atoms with van der Waals surface area (Å²) in [5.41, 5.74) is 2.56. The Hall–Kier alpha value is -1.58. The van der Waals surface area contributed by atoms with Crippen LogP contribution in [0.2, 0.25) is 0 Å². The third-order valence-electron chi connectivity index (χ3n) is 3.62. The molecule has 2 rings (SSSR count). The van der Waals surface area contributed by atoms with E-state index in [4.69, 9.17) is 0 Å². The molecule has 19 heavy (non-hydrogen) atoms. The number of nitrogens with zero attached hydrogens (tertiary/aromatic N) is 1. The van der Waals surface area contributed by atoms with Gasteiger partial charge in [0.1, 0.15) is 6.04 Å². The van der Waals surface area contributed by atoms with E-state index in [0.29, 0.717) is 12.0 Å². The van der Waals surface area contributed by atoms with Crippen LogP contribution in [-0.4, -0.2) is 6.04 Å². The van der Waals surface area contributed by atoms with Crippen molar-refractivity contribution in [3.63, 3.8) is 0 Å². The van der Waals surface area contributed by atoms with Crippen molar-refractivity contribution in [2.24, 2.45) is 5.18 Å². The molecule has 1 unspecified atom stereocenters. The zero-order valence-corrected chi connectivity index (χ0v) is 11.0. The molecule has 102 valence electrons. The Bertz CT molecular complexity index is 511. The summed E-state index contributed by atoms with van der Waals surface area (Å²) in [7, 11) is 0. The van der Waals surface area contributed by atoms with Crippen molar-refractivity contribution in [1.29, 1.82) is 0 Å². The van der Waals surface area contributed by atoms with Crippen LogP contribution < -0.4 is 0 Å². The standard InChI is InChI=1S/C15H17F2NO/c1-2-3-4-10-6-8-14(18-19)15(10)11-5-7-12(16)13(17)9-11/h5,7,9,14H,2-4,6,8H2,1H3. The first-order valence-electron chi connectivity index (χ1n) is 6.67.